The summed E-state index contributed by atoms with van der Waals surface area (Å²) in [7, 11) is 1.50. The van der Waals surface area contributed by atoms with Gasteiger partial charge in [0.1, 0.15) is 5.60 Å². The van der Waals surface area contributed by atoms with Crippen LogP contribution in [0.1, 0.15) is 81.4 Å². The van der Waals surface area contributed by atoms with E-state index in [9.17, 15) is 27.6 Å². The third-order valence-corrected chi connectivity index (χ3v) is 7.53. The third-order valence-electron chi connectivity index (χ3n) is 7.53. The first-order valence-electron chi connectivity index (χ1n) is 16.2. The lowest BCUT2D eigenvalue weighted by molar-refractivity contribution is -0.169. The molecular formula is C36H43F3N4O6. The fourth-order valence-electron chi connectivity index (χ4n) is 5.28. The average Bonchev–Trinajstić information content (AvgIpc) is 3.03. The smallest absolute Gasteiger partial charge is 0.418 e. The molecule has 2 aromatic carbocycles. The van der Waals surface area contributed by atoms with Gasteiger partial charge in [0, 0.05) is 32.0 Å². The number of rotatable bonds is 12. The van der Waals surface area contributed by atoms with Crippen LogP contribution in [0.5, 0.6) is 0 Å². The van der Waals surface area contributed by atoms with Crippen LogP contribution in [0.2, 0.25) is 0 Å². The first kappa shape index (κ1) is 37.3. The van der Waals surface area contributed by atoms with E-state index in [-0.39, 0.29) is 35.5 Å². The summed E-state index contributed by atoms with van der Waals surface area (Å²) in [4.78, 5) is 44.8. The molecule has 2 amide bonds. The van der Waals surface area contributed by atoms with E-state index in [4.69, 9.17) is 14.2 Å². The maximum atomic E-state index is 14.2. The molecule has 13 heteroatoms. The van der Waals surface area contributed by atoms with Gasteiger partial charge < -0.3 is 24.4 Å². The molecule has 49 heavy (non-hydrogen) atoms. The van der Waals surface area contributed by atoms with E-state index in [1.807, 2.05) is 19.1 Å². The number of carbonyl (C=O) groups excluding carboxylic acids is 3. The van der Waals surface area contributed by atoms with Crippen molar-refractivity contribution in [2.75, 3.05) is 35.7 Å². The van der Waals surface area contributed by atoms with Crippen molar-refractivity contribution in [3.05, 3.63) is 71.5 Å². The standard InChI is InChI=1S/C36H43F3N4O6/c1-6-15-43(5)30-20-29(42-34(46)49-35(2,3)4)28(19-27(30)36(37,38)39)41-32(45)21-31(44)25-11-9-10-23(17-25)24-13-14-40-26(18-24)22-48-33-12-7-8-16-47-33/h9-11,13-14,17-20,33H,6-8,12,15-16,21-22H2,1-5H3,(H,41,45)(H,42,46). The summed E-state index contributed by atoms with van der Waals surface area (Å²) < 4.78 is 59.4. The average molecular weight is 685 g/mol. The number of nitrogens with zero attached hydrogens (tertiary/aromatic N) is 2. The number of halogens is 3. The number of aromatic nitrogens is 1. The van der Waals surface area contributed by atoms with E-state index in [1.54, 1.807) is 51.2 Å². The van der Waals surface area contributed by atoms with Crippen LogP contribution in [0.4, 0.5) is 35.0 Å². The summed E-state index contributed by atoms with van der Waals surface area (Å²) >= 11 is 0. The number of anilines is 3. The number of hydrogen-bond donors (Lipinski definition) is 2. The minimum atomic E-state index is -4.78. The van der Waals surface area contributed by atoms with E-state index in [0.29, 0.717) is 30.8 Å². The fraction of sp³-hybridized carbons (Fsp3) is 0.444. The molecule has 10 nitrogen and oxygen atoms in total. The second kappa shape index (κ2) is 16.3. The van der Waals surface area contributed by atoms with Crippen molar-refractivity contribution in [2.24, 2.45) is 0 Å². The summed E-state index contributed by atoms with van der Waals surface area (Å²) in [5.41, 5.74) is -0.143. The Labute approximate surface area is 284 Å². The molecule has 2 heterocycles. The maximum absolute atomic E-state index is 14.2. The predicted octanol–water partition coefficient (Wildman–Crippen LogP) is 8.22. The molecule has 1 aliphatic rings. The summed E-state index contributed by atoms with van der Waals surface area (Å²) in [5.74, 6) is -1.41. The van der Waals surface area contributed by atoms with Crippen molar-refractivity contribution in [1.82, 2.24) is 4.98 Å². The lowest BCUT2D eigenvalue weighted by Gasteiger charge is -2.26. The Morgan fingerprint density at radius 1 is 1.00 bits per heavy atom. The molecule has 0 saturated carbocycles. The van der Waals surface area contributed by atoms with Gasteiger partial charge in [-0.1, -0.05) is 25.1 Å². The predicted molar refractivity (Wildman–Crippen MR) is 180 cm³/mol. The highest BCUT2D eigenvalue weighted by Gasteiger charge is 2.36. The van der Waals surface area contributed by atoms with Crippen LogP contribution in [-0.2, 0) is 31.8 Å². The molecule has 1 atom stereocenters. The van der Waals surface area contributed by atoms with Crippen molar-refractivity contribution < 1.29 is 41.8 Å². The van der Waals surface area contributed by atoms with Crippen LogP contribution < -0.4 is 15.5 Å². The number of carbonyl (C=O) groups is 3. The number of benzene rings is 2. The molecule has 0 radical (unpaired) electrons. The van der Waals surface area contributed by atoms with E-state index in [0.717, 1.165) is 37.0 Å². The molecule has 4 rings (SSSR count). The monoisotopic (exact) mass is 684 g/mol. The topological polar surface area (TPSA) is 119 Å². The van der Waals surface area contributed by atoms with Gasteiger partial charge in [0.2, 0.25) is 5.91 Å². The summed E-state index contributed by atoms with van der Waals surface area (Å²) in [5, 5.41) is 4.86. The van der Waals surface area contributed by atoms with E-state index >= 15 is 0 Å². The number of alkyl halides is 3. The van der Waals surface area contributed by atoms with E-state index in [2.05, 4.69) is 15.6 Å². The first-order chi connectivity index (χ1) is 23.1. The molecule has 1 aromatic heterocycles. The second-order valence-corrected chi connectivity index (χ2v) is 12.8. The first-order valence-corrected chi connectivity index (χ1v) is 16.2. The van der Waals surface area contributed by atoms with Crippen LogP contribution in [0.15, 0.2) is 54.7 Å². The highest BCUT2D eigenvalue weighted by Crippen LogP contribution is 2.41. The number of ketones is 1. The molecular weight excluding hydrogens is 641 g/mol. The van der Waals surface area contributed by atoms with Crippen molar-refractivity contribution in [1.29, 1.82) is 0 Å². The van der Waals surface area contributed by atoms with Gasteiger partial charge in [-0.3, -0.25) is 19.9 Å². The van der Waals surface area contributed by atoms with Crippen molar-refractivity contribution >= 4 is 34.8 Å². The van der Waals surface area contributed by atoms with Crippen LogP contribution in [0.3, 0.4) is 0 Å². The number of ether oxygens (including phenoxy) is 3. The molecule has 1 fully saturated rings. The number of nitrogens with one attached hydrogen (secondary N) is 2. The highest BCUT2D eigenvalue weighted by atomic mass is 19.4. The van der Waals surface area contributed by atoms with Gasteiger partial charge in [-0.2, -0.15) is 13.2 Å². The number of hydrogen-bond acceptors (Lipinski definition) is 8. The molecule has 2 N–H and O–H groups in total. The third kappa shape index (κ3) is 11.0. The van der Waals surface area contributed by atoms with Crippen molar-refractivity contribution in [3.63, 3.8) is 0 Å². The zero-order chi connectivity index (χ0) is 35.8. The molecule has 0 bridgehead atoms. The second-order valence-electron chi connectivity index (χ2n) is 12.8. The van der Waals surface area contributed by atoms with Gasteiger partial charge in [0.15, 0.2) is 12.1 Å². The Kier molecular flexibility index (Phi) is 12.4. The lowest BCUT2D eigenvalue weighted by Crippen LogP contribution is -2.28. The molecule has 1 saturated heterocycles. The van der Waals surface area contributed by atoms with E-state index in [1.165, 1.54) is 11.9 Å². The van der Waals surface area contributed by atoms with Crippen molar-refractivity contribution in [2.45, 2.75) is 84.5 Å². The zero-order valence-corrected chi connectivity index (χ0v) is 28.4. The Morgan fingerprint density at radius 3 is 2.41 bits per heavy atom. The maximum Gasteiger partial charge on any atom is 0.418 e. The SMILES string of the molecule is CCCN(C)c1cc(NC(=O)OC(C)(C)C)c(NC(=O)CC(=O)c2cccc(-c3ccnc(COC4CCCCO4)c3)c2)cc1C(F)(F)F. The zero-order valence-electron chi connectivity index (χ0n) is 28.4. The van der Waals surface area contributed by atoms with Crippen LogP contribution in [0.25, 0.3) is 11.1 Å². The summed E-state index contributed by atoms with van der Waals surface area (Å²) in [6, 6.07) is 12.2. The van der Waals surface area contributed by atoms with Gasteiger partial charge >= 0.3 is 12.3 Å². The number of Topliss-reactive ketones (excluding diaryl/α,β-unsaturated/α-hetero) is 1. The quantitative estimate of drug-likeness (QED) is 0.145. The van der Waals surface area contributed by atoms with Gasteiger partial charge in [0.25, 0.3) is 0 Å². The molecule has 264 valence electrons. The highest BCUT2D eigenvalue weighted by molar-refractivity contribution is 6.12. The molecule has 0 spiro atoms. The Morgan fingerprint density at radius 2 is 1.73 bits per heavy atom. The fourth-order valence-corrected chi connectivity index (χ4v) is 5.28. The van der Waals surface area contributed by atoms with Gasteiger partial charge in [-0.25, -0.2) is 4.79 Å². The summed E-state index contributed by atoms with van der Waals surface area (Å²) in [6.07, 6.45) is -1.55. The minimum absolute atomic E-state index is 0.115. The van der Waals surface area contributed by atoms with Gasteiger partial charge in [-0.15, -0.1) is 0 Å². The van der Waals surface area contributed by atoms with Crippen LogP contribution >= 0.6 is 0 Å². The lowest BCUT2D eigenvalue weighted by atomic mass is 10.00. The Bertz CT molecular complexity index is 1630. The molecule has 3 aromatic rings. The molecule has 1 aliphatic heterocycles. The van der Waals surface area contributed by atoms with Crippen molar-refractivity contribution in [3.8, 4) is 11.1 Å². The largest absolute Gasteiger partial charge is 0.444 e. The minimum Gasteiger partial charge on any atom is -0.444 e. The Hall–Kier alpha value is -4.49. The molecule has 1 unspecified atom stereocenters. The molecule has 0 aliphatic carbocycles. The van der Waals surface area contributed by atoms with Gasteiger partial charge in [0.05, 0.1) is 41.3 Å². The number of pyridine rings is 1. The summed E-state index contributed by atoms with van der Waals surface area (Å²) in [6.45, 7) is 7.96. The van der Waals surface area contributed by atoms with Crippen LogP contribution in [-0.4, -0.2) is 54.9 Å². The van der Waals surface area contributed by atoms with E-state index < -0.39 is 41.5 Å². The number of amides is 2. The van der Waals surface area contributed by atoms with Gasteiger partial charge in [-0.05, 0) is 87.9 Å². The normalized spacial score (nSPS) is 15.0. The van der Waals surface area contributed by atoms with Crippen LogP contribution in [0, 0.1) is 0 Å². The Balaban J connectivity index is 1.53.